The molecule has 0 saturated carbocycles. The highest BCUT2D eigenvalue weighted by atomic mass is 16.5. The van der Waals surface area contributed by atoms with Crippen LogP contribution in [0.2, 0.25) is 0 Å². The molecule has 16 heavy (non-hydrogen) atoms. The molecule has 1 unspecified atom stereocenters. The summed E-state index contributed by atoms with van der Waals surface area (Å²) in [6.07, 6.45) is 7.77. The summed E-state index contributed by atoms with van der Waals surface area (Å²) in [6, 6.07) is 0.347. The third kappa shape index (κ3) is 2.14. The molecule has 3 nitrogen and oxygen atoms in total. The topological polar surface area (TPSA) is 29.5 Å². The Kier molecular flexibility index (Phi) is 3.64. The molecular weight excluding hydrogens is 202 g/mol. The summed E-state index contributed by atoms with van der Waals surface area (Å²) in [4.78, 5) is 14.2. The van der Waals surface area contributed by atoms with E-state index in [0.717, 1.165) is 19.5 Å². The van der Waals surface area contributed by atoms with E-state index in [2.05, 4.69) is 17.9 Å². The molecule has 0 aromatic heterocycles. The van der Waals surface area contributed by atoms with Crippen molar-refractivity contribution in [2.45, 2.75) is 32.2 Å². The summed E-state index contributed by atoms with van der Waals surface area (Å²) >= 11 is 0. The van der Waals surface area contributed by atoms with Crippen LogP contribution in [-0.4, -0.2) is 37.1 Å². The number of carbonyl (C=O) groups excluding carboxylic acids is 1. The minimum absolute atomic E-state index is 0.0631. The summed E-state index contributed by atoms with van der Waals surface area (Å²) in [7, 11) is 1.48. The van der Waals surface area contributed by atoms with Gasteiger partial charge in [0.25, 0.3) is 0 Å². The predicted octanol–water partition coefficient (Wildman–Crippen LogP) is 1.84. The Morgan fingerprint density at radius 3 is 2.69 bits per heavy atom. The average molecular weight is 223 g/mol. The smallest absolute Gasteiger partial charge is 0.314 e. The average Bonchev–Trinajstić information content (AvgIpc) is 2.81. The molecule has 0 aromatic carbocycles. The lowest BCUT2D eigenvalue weighted by atomic mass is 9.81. The summed E-state index contributed by atoms with van der Waals surface area (Å²) in [6.45, 7) is 4.51. The molecule has 0 amide bonds. The fraction of sp³-hybridized carbons (Fsp3) is 0.769. The van der Waals surface area contributed by atoms with Gasteiger partial charge in [-0.25, -0.2) is 0 Å². The molecule has 2 aliphatic rings. The van der Waals surface area contributed by atoms with E-state index in [9.17, 15) is 4.79 Å². The Balaban J connectivity index is 2.15. The number of rotatable bonds is 2. The molecule has 0 aromatic rings. The Bertz CT molecular complexity index is 282. The van der Waals surface area contributed by atoms with Gasteiger partial charge in [0.1, 0.15) is 0 Å². The van der Waals surface area contributed by atoms with Crippen molar-refractivity contribution < 1.29 is 9.53 Å². The first-order valence-corrected chi connectivity index (χ1v) is 6.22. The first kappa shape index (κ1) is 11.6. The number of carbonyl (C=O) groups is 1. The minimum Gasteiger partial charge on any atom is -0.469 e. The third-order valence-electron chi connectivity index (χ3n) is 3.84. The molecule has 1 aliphatic heterocycles. The second-order valence-corrected chi connectivity index (χ2v) is 4.92. The molecule has 1 saturated heterocycles. The second kappa shape index (κ2) is 5.00. The van der Waals surface area contributed by atoms with Gasteiger partial charge < -0.3 is 4.74 Å². The number of hydrogen-bond donors (Lipinski definition) is 0. The van der Waals surface area contributed by atoms with Crippen LogP contribution < -0.4 is 0 Å². The molecular formula is C13H21NO2. The SMILES string of the molecule is COC(=O)C1C=CC[C@@H](C)[C@H]1N1CCCC1. The van der Waals surface area contributed by atoms with Crippen LogP contribution in [-0.2, 0) is 9.53 Å². The summed E-state index contributed by atoms with van der Waals surface area (Å²) in [5.74, 6) is 0.402. The zero-order valence-corrected chi connectivity index (χ0v) is 10.2. The molecule has 90 valence electrons. The van der Waals surface area contributed by atoms with E-state index in [0.29, 0.717) is 12.0 Å². The fourth-order valence-electron chi connectivity index (χ4n) is 3.03. The Labute approximate surface area is 97.5 Å². The van der Waals surface area contributed by atoms with Gasteiger partial charge in [0, 0.05) is 6.04 Å². The molecule has 0 spiro atoms. The van der Waals surface area contributed by atoms with Crippen molar-refractivity contribution >= 4 is 5.97 Å². The first-order valence-electron chi connectivity index (χ1n) is 6.22. The van der Waals surface area contributed by atoms with Gasteiger partial charge in [-0.3, -0.25) is 9.69 Å². The molecule has 0 bridgehead atoms. The normalized spacial score (nSPS) is 35.2. The van der Waals surface area contributed by atoms with E-state index in [-0.39, 0.29) is 11.9 Å². The second-order valence-electron chi connectivity index (χ2n) is 4.92. The van der Waals surface area contributed by atoms with Crippen molar-refractivity contribution in [2.75, 3.05) is 20.2 Å². The van der Waals surface area contributed by atoms with E-state index in [1.165, 1.54) is 20.0 Å². The van der Waals surface area contributed by atoms with Gasteiger partial charge in [-0.05, 0) is 38.3 Å². The van der Waals surface area contributed by atoms with Crippen molar-refractivity contribution in [1.82, 2.24) is 4.90 Å². The number of allylic oxidation sites excluding steroid dienone is 1. The number of hydrogen-bond acceptors (Lipinski definition) is 3. The van der Waals surface area contributed by atoms with Crippen LogP contribution in [0.15, 0.2) is 12.2 Å². The van der Waals surface area contributed by atoms with E-state index in [1.807, 2.05) is 6.08 Å². The van der Waals surface area contributed by atoms with E-state index in [1.54, 1.807) is 0 Å². The minimum atomic E-state index is -0.0836. The van der Waals surface area contributed by atoms with Gasteiger partial charge in [0.2, 0.25) is 0 Å². The van der Waals surface area contributed by atoms with Gasteiger partial charge >= 0.3 is 5.97 Å². The van der Waals surface area contributed by atoms with Crippen molar-refractivity contribution in [1.29, 1.82) is 0 Å². The van der Waals surface area contributed by atoms with Gasteiger partial charge in [0.15, 0.2) is 0 Å². The van der Waals surface area contributed by atoms with Gasteiger partial charge in [-0.15, -0.1) is 0 Å². The zero-order valence-electron chi connectivity index (χ0n) is 10.2. The molecule has 0 radical (unpaired) electrons. The highest BCUT2D eigenvalue weighted by molar-refractivity contribution is 5.75. The molecule has 1 heterocycles. The van der Waals surface area contributed by atoms with Crippen LogP contribution >= 0.6 is 0 Å². The highest BCUT2D eigenvalue weighted by Crippen LogP contribution is 2.31. The van der Waals surface area contributed by atoms with Gasteiger partial charge in [-0.1, -0.05) is 19.1 Å². The molecule has 1 aliphatic carbocycles. The zero-order chi connectivity index (χ0) is 11.5. The van der Waals surface area contributed by atoms with E-state index >= 15 is 0 Å². The number of esters is 1. The van der Waals surface area contributed by atoms with Crippen LogP contribution in [0.4, 0.5) is 0 Å². The Morgan fingerprint density at radius 2 is 2.06 bits per heavy atom. The quantitative estimate of drug-likeness (QED) is 0.528. The maximum Gasteiger partial charge on any atom is 0.314 e. The fourth-order valence-corrected chi connectivity index (χ4v) is 3.03. The number of likely N-dealkylation sites (tertiary alicyclic amines) is 1. The van der Waals surface area contributed by atoms with Crippen LogP contribution in [0.3, 0.4) is 0 Å². The Hall–Kier alpha value is -0.830. The van der Waals surface area contributed by atoms with Crippen molar-refractivity contribution in [3.05, 3.63) is 12.2 Å². The van der Waals surface area contributed by atoms with Gasteiger partial charge in [-0.2, -0.15) is 0 Å². The lowest BCUT2D eigenvalue weighted by molar-refractivity contribution is -0.146. The molecule has 3 heteroatoms. The first-order chi connectivity index (χ1) is 7.74. The number of nitrogens with zero attached hydrogens (tertiary/aromatic N) is 1. The summed E-state index contributed by atoms with van der Waals surface area (Å²) < 4.78 is 4.91. The Morgan fingerprint density at radius 1 is 1.38 bits per heavy atom. The molecule has 3 atom stereocenters. The number of ether oxygens (including phenoxy) is 1. The largest absolute Gasteiger partial charge is 0.469 e. The standard InChI is InChI=1S/C13H21NO2/c1-10-6-5-7-11(13(15)16-2)12(10)14-8-3-4-9-14/h5,7,10-12H,3-4,6,8-9H2,1-2H3/t10-,11?,12-/m1/s1. The molecule has 1 fully saturated rings. The lowest BCUT2D eigenvalue weighted by Crippen LogP contribution is -2.47. The van der Waals surface area contributed by atoms with Crippen molar-refractivity contribution in [3.63, 3.8) is 0 Å². The van der Waals surface area contributed by atoms with Crippen LogP contribution in [0.25, 0.3) is 0 Å². The maximum absolute atomic E-state index is 11.8. The van der Waals surface area contributed by atoms with Crippen molar-refractivity contribution in [2.24, 2.45) is 11.8 Å². The van der Waals surface area contributed by atoms with E-state index in [4.69, 9.17) is 4.74 Å². The highest BCUT2D eigenvalue weighted by Gasteiger charge is 2.38. The summed E-state index contributed by atoms with van der Waals surface area (Å²) in [5.41, 5.74) is 0. The van der Waals surface area contributed by atoms with Crippen LogP contribution in [0.5, 0.6) is 0 Å². The maximum atomic E-state index is 11.8. The van der Waals surface area contributed by atoms with Gasteiger partial charge in [0.05, 0.1) is 13.0 Å². The monoisotopic (exact) mass is 223 g/mol. The van der Waals surface area contributed by atoms with Crippen molar-refractivity contribution in [3.8, 4) is 0 Å². The lowest BCUT2D eigenvalue weighted by Gasteiger charge is -2.38. The van der Waals surface area contributed by atoms with E-state index < -0.39 is 0 Å². The third-order valence-corrected chi connectivity index (χ3v) is 3.84. The summed E-state index contributed by atoms with van der Waals surface area (Å²) in [5, 5.41) is 0. The van der Waals surface area contributed by atoms with Crippen LogP contribution in [0, 0.1) is 11.8 Å². The predicted molar refractivity (Wildman–Crippen MR) is 63.0 cm³/mol. The number of methoxy groups -OCH3 is 1. The molecule has 0 N–H and O–H groups in total. The van der Waals surface area contributed by atoms with Crippen LogP contribution in [0.1, 0.15) is 26.2 Å². The molecule has 2 rings (SSSR count).